The van der Waals surface area contributed by atoms with E-state index in [4.69, 9.17) is 9.52 Å². The van der Waals surface area contributed by atoms with Crippen molar-refractivity contribution in [1.82, 2.24) is 4.90 Å². The smallest absolute Gasteiger partial charge is 0.371 e. The lowest BCUT2D eigenvalue weighted by molar-refractivity contribution is -0.138. The predicted octanol–water partition coefficient (Wildman–Crippen LogP) is 1.36. The van der Waals surface area contributed by atoms with Crippen molar-refractivity contribution in [1.29, 1.82) is 0 Å². The SMILES string of the molecule is O=C(O)c1ccc(SC2CC(=O)N(C3CC3)C2=O)o1. The highest BCUT2D eigenvalue weighted by atomic mass is 32.2. The van der Waals surface area contributed by atoms with Crippen LogP contribution in [0.25, 0.3) is 0 Å². The minimum Gasteiger partial charge on any atom is -0.475 e. The van der Waals surface area contributed by atoms with Crippen LogP contribution in [0.4, 0.5) is 0 Å². The summed E-state index contributed by atoms with van der Waals surface area (Å²) < 4.78 is 5.08. The Morgan fingerprint density at radius 3 is 2.68 bits per heavy atom. The highest BCUT2D eigenvalue weighted by Gasteiger charge is 2.46. The molecule has 1 aliphatic heterocycles. The number of hydrogen-bond acceptors (Lipinski definition) is 5. The second kappa shape index (κ2) is 4.41. The van der Waals surface area contributed by atoms with Gasteiger partial charge in [-0.15, -0.1) is 0 Å². The maximum absolute atomic E-state index is 12.1. The summed E-state index contributed by atoms with van der Waals surface area (Å²) in [5.74, 6) is -1.65. The van der Waals surface area contributed by atoms with Crippen molar-refractivity contribution in [3.63, 3.8) is 0 Å². The zero-order chi connectivity index (χ0) is 13.6. The van der Waals surface area contributed by atoms with Gasteiger partial charge in [-0.3, -0.25) is 14.5 Å². The van der Waals surface area contributed by atoms with Crippen molar-refractivity contribution in [2.45, 2.75) is 35.6 Å². The molecule has 2 amide bonds. The lowest BCUT2D eigenvalue weighted by atomic mass is 10.4. The molecular formula is C12H11NO5S. The number of furan rings is 1. The number of carbonyl (C=O) groups is 3. The Morgan fingerprint density at radius 2 is 2.11 bits per heavy atom. The van der Waals surface area contributed by atoms with Crippen LogP contribution in [0.1, 0.15) is 29.8 Å². The number of likely N-dealkylation sites (tertiary alicyclic amines) is 1. The molecular weight excluding hydrogens is 270 g/mol. The molecule has 6 nitrogen and oxygen atoms in total. The van der Waals surface area contributed by atoms with Crippen molar-refractivity contribution < 1.29 is 23.9 Å². The van der Waals surface area contributed by atoms with Crippen molar-refractivity contribution in [2.24, 2.45) is 0 Å². The fourth-order valence-electron chi connectivity index (χ4n) is 2.07. The fraction of sp³-hybridized carbons (Fsp3) is 0.417. The van der Waals surface area contributed by atoms with Gasteiger partial charge in [-0.05, 0) is 25.0 Å². The molecule has 1 aromatic heterocycles. The van der Waals surface area contributed by atoms with E-state index in [1.807, 2.05) is 0 Å². The molecule has 100 valence electrons. The Labute approximate surface area is 112 Å². The van der Waals surface area contributed by atoms with Crippen LogP contribution in [0.5, 0.6) is 0 Å². The van der Waals surface area contributed by atoms with Gasteiger partial charge in [0.05, 0.1) is 0 Å². The van der Waals surface area contributed by atoms with E-state index in [-0.39, 0.29) is 30.0 Å². The van der Waals surface area contributed by atoms with Crippen molar-refractivity contribution >= 4 is 29.5 Å². The number of aromatic carboxylic acids is 1. The average Bonchev–Trinajstić information content (AvgIpc) is 2.98. The number of hydrogen-bond donors (Lipinski definition) is 1. The van der Waals surface area contributed by atoms with Crippen LogP contribution < -0.4 is 0 Å². The third kappa shape index (κ3) is 2.25. The van der Waals surface area contributed by atoms with E-state index in [2.05, 4.69) is 0 Å². The Hall–Kier alpha value is -1.76. The molecule has 1 unspecified atom stereocenters. The Morgan fingerprint density at radius 1 is 1.37 bits per heavy atom. The molecule has 1 saturated heterocycles. The molecule has 1 saturated carbocycles. The van der Waals surface area contributed by atoms with Gasteiger partial charge in [-0.1, -0.05) is 11.8 Å². The third-order valence-electron chi connectivity index (χ3n) is 3.10. The number of carbonyl (C=O) groups excluding carboxylic acids is 2. The summed E-state index contributed by atoms with van der Waals surface area (Å²) in [7, 11) is 0. The highest BCUT2D eigenvalue weighted by molar-refractivity contribution is 8.00. The molecule has 0 bridgehead atoms. The van der Waals surface area contributed by atoms with Crippen LogP contribution in [0.2, 0.25) is 0 Å². The van der Waals surface area contributed by atoms with E-state index in [9.17, 15) is 14.4 Å². The maximum Gasteiger partial charge on any atom is 0.371 e. The molecule has 2 heterocycles. The molecule has 0 aromatic carbocycles. The quantitative estimate of drug-likeness (QED) is 0.838. The zero-order valence-electron chi connectivity index (χ0n) is 9.87. The van der Waals surface area contributed by atoms with Crippen molar-refractivity contribution in [3.8, 4) is 0 Å². The first kappa shape index (κ1) is 12.3. The summed E-state index contributed by atoms with van der Waals surface area (Å²) >= 11 is 1.11. The van der Waals surface area contributed by atoms with Gasteiger partial charge in [0.1, 0.15) is 5.25 Å². The number of carboxylic acid groups (broad SMARTS) is 1. The van der Waals surface area contributed by atoms with E-state index >= 15 is 0 Å². The molecule has 1 N–H and O–H groups in total. The van der Waals surface area contributed by atoms with Gasteiger partial charge in [0, 0.05) is 12.5 Å². The lowest BCUT2D eigenvalue weighted by Crippen LogP contribution is -2.33. The van der Waals surface area contributed by atoms with Gasteiger partial charge in [0.2, 0.25) is 17.6 Å². The molecule has 1 aromatic rings. The van der Waals surface area contributed by atoms with E-state index in [0.29, 0.717) is 5.09 Å². The Balaban J connectivity index is 1.71. The maximum atomic E-state index is 12.1. The fourth-order valence-corrected chi connectivity index (χ4v) is 3.07. The number of rotatable bonds is 4. The van der Waals surface area contributed by atoms with Crippen LogP contribution in [0.3, 0.4) is 0 Å². The molecule has 0 radical (unpaired) electrons. The third-order valence-corrected chi connectivity index (χ3v) is 4.21. The van der Waals surface area contributed by atoms with Crippen LogP contribution >= 0.6 is 11.8 Å². The highest BCUT2D eigenvalue weighted by Crippen LogP contribution is 2.37. The first-order chi connectivity index (χ1) is 9.06. The van der Waals surface area contributed by atoms with E-state index < -0.39 is 11.2 Å². The van der Waals surface area contributed by atoms with Crippen molar-refractivity contribution in [2.75, 3.05) is 0 Å². The second-order valence-electron chi connectivity index (χ2n) is 4.57. The first-order valence-electron chi connectivity index (χ1n) is 5.92. The van der Waals surface area contributed by atoms with Crippen LogP contribution in [0, 0.1) is 0 Å². The van der Waals surface area contributed by atoms with E-state index in [0.717, 1.165) is 24.6 Å². The van der Waals surface area contributed by atoms with Crippen molar-refractivity contribution in [3.05, 3.63) is 17.9 Å². The van der Waals surface area contributed by atoms with Crippen LogP contribution in [-0.2, 0) is 9.59 Å². The molecule has 0 spiro atoms. The summed E-state index contributed by atoms with van der Waals surface area (Å²) in [6.07, 6.45) is 1.93. The van der Waals surface area contributed by atoms with Gasteiger partial charge in [0.25, 0.3) is 0 Å². The van der Waals surface area contributed by atoms with Gasteiger partial charge >= 0.3 is 5.97 Å². The molecule has 7 heteroatoms. The first-order valence-corrected chi connectivity index (χ1v) is 6.80. The predicted molar refractivity (Wildman–Crippen MR) is 64.8 cm³/mol. The van der Waals surface area contributed by atoms with Gasteiger partial charge in [-0.25, -0.2) is 4.79 Å². The van der Waals surface area contributed by atoms with Crippen LogP contribution in [-0.4, -0.2) is 39.1 Å². The minimum absolute atomic E-state index is 0.0804. The number of amides is 2. The largest absolute Gasteiger partial charge is 0.475 e. The standard InChI is InChI=1S/C12H11NO5S/c14-9-5-8(11(15)13(9)6-1-2-6)19-10-4-3-7(18-10)12(16)17/h3-4,6,8H,1-2,5H2,(H,16,17). The van der Waals surface area contributed by atoms with Crippen LogP contribution in [0.15, 0.2) is 21.6 Å². The summed E-state index contributed by atoms with van der Waals surface area (Å²) in [4.78, 5) is 35.8. The summed E-state index contributed by atoms with van der Waals surface area (Å²) in [6, 6.07) is 2.92. The normalized spacial score (nSPS) is 23.2. The summed E-state index contributed by atoms with van der Waals surface area (Å²) in [5, 5.41) is 8.59. The second-order valence-corrected chi connectivity index (χ2v) is 5.77. The number of nitrogens with zero attached hydrogens (tertiary/aromatic N) is 1. The molecule has 2 aliphatic rings. The number of thioether (sulfide) groups is 1. The molecule has 1 aliphatic carbocycles. The minimum atomic E-state index is -1.15. The molecule has 19 heavy (non-hydrogen) atoms. The van der Waals surface area contributed by atoms with E-state index in [1.54, 1.807) is 0 Å². The lowest BCUT2D eigenvalue weighted by Gasteiger charge is -2.12. The molecule has 2 fully saturated rings. The monoisotopic (exact) mass is 281 g/mol. The van der Waals surface area contributed by atoms with Gasteiger partial charge in [0.15, 0.2) is 5.09 Å². The number of imide groups is 1. The Bertz CT molecular complexity index is 562. The summed E-state index contributed by atoms with van der Waals surface area (Å²) in [6.45, 7) is 0. The van der Waals surface area contributed by atoms with E-state index in [1.165, 1.54) is 17.0 Å². The molecule has 1 atom stereocenters. The average molecular weight is 281 g/mol. The van der Waals surface area contributed by atoms with Gasteiger partial charge in [-0.2, -0.15) is 0 Å². The molecule has 3 rings (SSSR count). The Kier molecular flexibility index (Phi) is 2.85. The zero-order valence-corrected chi connectivity index (χ0v) is 10.7. The number of carboxylic acids is 1. The van der Waals surface area contributed by atoms with Gasteiger partial charge < -0.3 is 9.52 Å². The topological polar surface area (TPSA) is 87.8 Å². The summed E-state index contributed by atoms with van der Waals surface area (Å²) in [5.41, 5.74) is 0.